The SMILES string of the molecule is Cc1cc(CN2CCN(C(=NCCc3ccco3)NCCc3ccccc3)CC2)no1. The molecule has 0 unspecified atom stereocenters. The zero-order valence-corrected chi connectivity index (χ0v) is 18.2. The minimum absolute atomic E-state index is 0.708. The number of aryl methyl sites for hydroxylation is 1. The number of hydrogen-bond acceptors (Lipinski definition) is 5. The van der Waals surface area contributed by atoms with Gasteiger partial charge in [-0.2, -0.15) is 0 Å². The summed E-state index contributed by atoms with van der Waals surface area (Å²) in [5.74, 6) is 2.82. The van der Waals surface area contributed by atoms with E-state index in [0.717, 1.165) is 75.3 Å². The van der Waals surface area contributed by atoms with E-state index in [1.54, 1.807) is 6.26 Å². The molecule has 0 bridgehead atoms. The van der Waals surface area contributed by atoms with Gasteiger partial charge in [0.05, 0.1) is 12.0 Å². The fraction of sp³-hybridized carbons (Fsp3) is 0.417. The van der Waals surface area contributed by atoms with Crippen LogP contribution in [0.2, 0.25) is 0 Å². The zero-order valence-electron chi connectivity index (χ0n) is 18.2. The molecule has 0 amide bonds. The van der Waals surface area contributed by atoms with Crippen molar-refractivity contribution < 1.29 is 8.94 Å². The summed E-state index contributed by atoms with van der Waals surface area (Å²) in [6.07, 6.45) is 3.50. The van der Waals surface area contributed by atoms with Crippen molar-refractivity contribution in [1.29, 1.82) is 0 Å². The summed E-state index contributed by atoms with van der Waals surface area (Å²) in [5, 5.41) is 7.71. The van der Waals surface area contributed by atoms with Gasteiger partial charge >= 0.3 is 0 Å². The molecule has 1 aliphatic rings. The van der Waals surface area contributed by atoms with Crippen molar-refractivity contribution >= 4 is 5.96 Å². The summed E-state index contributed by atoms with van der Waals surface area (Å²) in [4.78, 5) is 9.67. The Bertz CT molecular complexity index is 928. The van der Waals surface area contributed by atoms with Crippen LogP contribution in [0.3, 0.4) is 0 Å². The maximum Gasteiger partial charge on any atom is 0.194 e. The van der Waals surface area contributed by atoms with E-state index >= 15 is 0 Å². The van der Waals surface area contributed by atoms with Crippen molar-refractivity contribution in [3.63, 3.8) is 0 Å². The van der Waals surface area contributed by atoms with Gasteiger partial charge in [-0.1, -0.05) is 35.5 Å². The Morgan fingerprint density at radius 2 is 1.90 bits per heavy atom. The first-order valence-electron chi connectivity index (χ1n) is 11.0. The summed E-state index contributed by atoms with van der Waals surface area (Å²) in [6, 6.07) is 16.5. The van der Waals surface area contributed by atoms with Gasteiger partial charge in [0.15, 0.2) is 5.96 Å². The van der Waals surface area contributed by atoms with E-state index in [9.17, 15) is 0 Å². The standard InChI is InChI=1S/C24H31N5O2/c1-20-18-22(27-31-20)19-28-13-15-29(16-14-28)24(26-12-10-23-8-5-17-30-23)25-11-9-21-6-3-2-4-7-21/h2-8,17-18H,9-16,19H2,1H3,(H,25,26). The second kappa shape index (κ2) is 10.8. The molecule has 0 radical (unpaired) electrons. The van der Waals surface area contributed by atoms with E-state index in [1.165, 1.54) is 5.56 Å². The third-order valence-corrected chi connectivity index (χ3v) is 5.47. The summed E-state index contributed by atoms with van der Waals surface area (Å²) < 4.78 is 10.6. The predicted octanol–water partition coefficient (Wildman–Crippen LogP) is 3.12. The van der Waals surface area contributed by atoms with Crippen LogP contribution in [0, 0.1) is 6.92 Å². The van der Waals surface area contributed by atoms with E-state index in [-0.39, 0.29) is 0 Å². The van der Waals surface area contributed by atoms with Crippen LogP contribution in [0.5, 0.6) is 0 Å². The van der Waals surface area contributed by atoms with Crippen molar-refractivity contribution in [3.05, 3.63) is 77.6 Å². The lowest BCUT2D eigenvalue weighted by atomic mass is 10.1. The van der Waals surface area contributed by atoms with Crippen molar-refractivity contribution in [2.24, 2.45) is 4.99 Å². The van der Waals surface area contributed by atoms with Gasteiger partial charge in [-0.15, -0.1) is 0 Å². The number of furan rings is 1. The van der Waals surface area contributed by atoms with Crippen molar-refractivity contribution in [1.82, 2.24) is 20.3 Å². The minimum atomic E-state index is 0.708. The molecule has 3 aromatic rings. The van der Waals surface area contributed by atoms with Crippen LogP contribution in [0.25, 0.3) is 0 Å². The molecular weight excluding hydrogens is 390 g/mol. The van der Waals surface area contributed by atoms with E-state index in [4.69, 9.17) is 13.9 Å². The maximum absolute atomic E-state index is 5.45. The quantitative estimate of drug-likeness (QED) is 0.445. The highest BCUT2D eigenvalue weighted by molar-refractivity contribution is 5.80. The minimum Gasteiger partial charge on any atom is -0.469 e. The number of rotatable bonds is 8. The molecule has 31 heavy (non-hydrogen) atoms. The van der Waals surface area contributed by atoms with Gasteiger partial charge < -0.3 is 19.2 Å². The Kier molecular flexibility index (Phi) is 7.39. The first-order valence-corrected chi connectivity index (χ1v) is 11.0. The van der Waals surface area contributed by atoms with Gasteiger partial charge in [0, 0.05) is 58.3 Å². The number of benzene rings is 1. The Labute approximate surface area is 183 Å². The monoisotopic (exact) mass is 421 g/mol. The second-order valence-corrected chi connectivity index (χ2v) is 7.89. The number of guanidine groups is 1. The first-order chi connectivity index (χ1) is 15.3. The highest BCUT2D eigenvalue weighted by atomic mass is 16.5. The number of hydrogen-bond donors (Lipinski definition) is 1. The van der Waals surface area contributed by atoms with E-state index < -0.39 is 0 Å². The van der Waals surface area contributed by atoms with E-state index in [2.05, 4.69) is 50.6 Å². The van der Waals surface area contributed by atoms with Crippen LogP contribution >= 0.6 is 0 Å². The molecule has 7 heteroatoms. The molecule has 1 N–H and O–H groups in total. The molecule has 1 aromatic carbocycles. The lowest BCUT2D eigenvalue weighted by Crippen LogP contribution is -2.52. The van der Waals surface area contributed by atoms with Crippen LogP contribution in [0.1, 0.15) is 22.8 Å². The molecule has 7 nitrogen and oxygen atoms in total. The molecule has 0 spiro atoms. The molecule has 2 aromatic heterocycles. The maximum atomic E-state index is 5.45. The lowest BCUT2D eigenvalue weighted by Gasteiger charge is -2.36. The van der Waals surface area contributed by atoms with Gasteiger partial charge in [0.25, 0.3) is 0 Å². The predicted molar refractivity (Wildman–Crippen MR) is 121 cm³/mol. The number of piperazine rings is 1. The molecule has 0 saturated carbocycles. The highest BCUT2D eigenvalue weighted by Gasteiger charge is 2.20. The summed E-state index contributed by atoms with van der Waals surface area (Å²) in [6.45, 7) is 8.16. The summed E-state index contributed by atoms with van der Waals surface area (Å²) in [5.41, 5.74) is 2.33. The number of aliphatic imine (C=N–C) groups is 1. The number of nitrogens with zero attached hydrogens (tertiary/aromatic N) is 4. The topological polar surface area (TPSA) is 70.0 Å². The summed E-state index contributed by atoms with van der Waals surface area (Å²) >= 11 is 0. The van der Waals surface area contributed by atoms with Gasteiger partial charge in [-0.3, -0.25) is 9.89 Å². The van der Waals surface area contributed by atoms with Crippen LogP contribution in [-0.4, -0.2) is 60.2 Å². The third kappa shape index (κ3) is 6.46. The zero-order chi connectivity index (χ0) is 21.3. The van der Waals surface area contributed by atoms with Crippen LogP contribution in [-0.2, 0) is 19.4 Å². The summed E-state index contributed by atoms with van der Waals surface area (Å²) in [7, 11) is 0. The first kappa shape index (κ1) is 21.2. The normalized spacial score (nSPS) is 15.4. The molecule has 4 rings (SSSR count). The van der Waals surface area contributed by atoms with Crippen LogP contribution < -0.4 is 5.32 Å². The Balaban J connectivity index is 1.31. The number of aromatic nitrogens is 1. The molecular formula is C24H31N5O2. The average molecular weight is 422 g/mol. The Morgan fingerprint density at radius 3 is 2.61 bits per heavy atom. The highest BCUT2D eigenvalue weighted by Crippen LogP contribution is 2.10. The van der Waals surface area contributed by atoms with Gasteiger partial charge in [-0.05, 0) is 31.0 Å². The van der Waals surface area contributed by atoms with Crippen molar-refractivity contribution in [3.8, 4) is 0 Å². The van der Waals surface area contributed by atoms with Crippen molar-refractivity contribution in [2.45, 2.75) is 26.3 Å². The molecule has 1 saturated heterocycles. The number of nitrogens with one attached hydrogen (secondary N) is 1. The fourth-order valence-corrected chi connectivity index (χ4v) is 3.80. The van der Waals surface area contributed by atoms with Crippen LogP contribution in [0.4, 0.5) is 0 Å². The largest absolute Gasteiger partial charge is 0.469 e. The average Bonchev–Trinajstić information content (AvgIpc) is 3.46. The smallest absolute Gasteiger partial charge is 0.194 e. The Morgan fingerprint density at radius 1 is 1.06 bits per heavy atom. The van der Waals surface area contributed by atoms with Gasteiger partial charge in [-0.25, -0.2) is 0 Å². The van der Waals surface area contributed by atoms with Gasteiger partial charge in [0.1, 0.15) is 11.5 Å². The lowest BCUT2D eigenvalue weighted by molar-refractivity contribution is 0.169. The molecule has 3 heterocycles. The van der Waals surface area contributed by atoms with E-state index in [0.29, 0.717) is 6.54 Å². The third-order valence-electron chi connectivity index (χ3n) is 5.47. The van der Waals surface area contributed by atoms with Crippen LogP contribution in [0.15, 0.2) is 68.7 Å². The van der Waals surface area contributed by atoms with E-state index in [1.807, 2.05) is 25.1 Å². The molecule has 1 aliphatic heterocycles. The Hall–Kier alpha value is -3.06. The second-order valence-electron chi connectivity index (χ2n) is 7.89. The molecule has 0 aliphatic carbocycles. The molecule has 1 fully saturated rings. The molecule has 164 valence electrons. The fourth-order valence-electron chi connectivity index (χ4n) is 3.80. The van der Waals surface area contributed by atoms with Gasteiger partial charge in [0.2, 0.25) is 0 Å². The molecule has 0 atom stereocenters. The van der Waals surface area contributed by atoms with Crippen molar-refractivity contribution in [2.75, 3.05) is 39.3 Å².